The predicted octanol–water partition coefficient (Wildman–Crippen LogP) is 4.04. The van der Waals surface area contributed by atoms with Crippen LogP contribution in [0, 0.1) is 11.8 Å². The molecule has 6 rings (SSSR count). The lowest BCUT2D eigenvalue weighted by molar-refractivity contribution is 0.0472. The minimum Gasteiger partial charge on any atom is -0.508 e. The van der Waals surface area contributed by atoms with Crippen LogP contribution in [0.4, 0.5) is 0 Å². The van der Waals surface area contributed by atoms with E-state index in [1.54, 1.807) is 48.5 Å². The molecule has 2 fully saturated rings. The molecule has 0 spiro atoms. The van der Waals surface area contributed by atoms with Gasteiger partial charge in [0.2, 0.25) is 0 Å². The predicted molar refractivity (Wildman–Crippen MR) is 135 cm³/mol. The third-order valence-corrected chi connectivity index (χ3v) is 7.72. The summed E-state index contributed by atoms with van der Waals surface area (Å²) in [7, 11) is 0. The first-order chi connectivity index (χ1) is 17.4. The molecular formula is C28H27N3O5. The second-order valence-corrected chi connectivity index (χ2v) is 9.98. The summed E-state index contributed by atoms with van der Waals surface area (Å²) in [6.45, 7) is 1.37. The number of amides is 2. The molecule has 0 bridgehead atoms. The van der Waals surface area contributed by atoms with Crippen molar-refractivity contribution in [3.05, 3.63) is 76.5 Å². The molecule has 1 aliphatic carbocycles. The van der Waals surface area contributed by atoms with Crippen LogP contribution < -0.4 is 10.9 Å². The number of piperidine rings is 1. The minimum atomic E-state index is -0.509. The fourth-order valence-corrected chi connectivity index (χ4v) is 5.84. The van der Waals surface area contributed by atoms with Gasteiger partial charge in [0.15, 0.2) is 5.76 Å². The second kappa shape index (κ2) is 8.86. The Morgan fingerprint density at radius 2 is 1.86 bits per heavy atom. The molecule has 1 saturated carbocycles. The smallest absolute Gasteiger partial charge is 0.344 e. The lowest BCUT2D eigenvalue weighted by atomic mass is 9.73. The number of H-pyrrole nitrogens is 1. The van der Waals surface area contributed by atoms with E-state index in [-0.39, 0.29) is 29.4 Å². The van der Waals surface area contributed by atoms with Crippen molar-refractivity contribution in [3.8, 4) is 5.75 Å². The number of phenolic OH excluding ortho intramolecular Hbond substituents is 1. The van der Waals surface area contributed by atoms with Crippen molar-refractivity contribution in [1.82, 2.24) is 15.2 Å². The molecule has 2 aromatic carbocycles. The third-order valence-electron chi connectivity index (χ3n) is 7.72. The number of hydrogen-bond donors (Lipinski definition) is 3. The molecule has 4 aromatic rings. The van der Waals surface area contributed by atoms with Crippen molar-refractivity contribution >= 4 is 33.5 Å². The van der Waals surface area contributed by atoms with Gasteiger partial charge in [-0.3, -0.25) is 9.59 Å². The highest BCUT2D eigenvalue weighted by molar-refractivity contribution is 5.98. The highest BCUT2D eigenvalue weighted by Gasteiger charge is 2.37. The first-order valence-electron chi connectivity index (χ1n) is 12.4. The van der Waals surface area contributed by atoms with E-state index >= 15 is 0 Å². The molecule has 1 saturated heterocycles. The molecule has 3 atom stereocenters. The molecule has 3 N–H and O–H groups in total. The summed E-state index contributed by atoms with van der Waals surface area (Å²) in [4.78, 5) is 43.3. The Hall–Kier alpha value is -4.07. The van der Waals surface area contributed by atoms with Gasteiger partial charge < -0.3 is 24.7 Å². The fourth-order valence-electron chi connectivity index (χ4n) is 5.84. The van der Waals surface area contributed by atoms with Gasteiger partial charge in [-0.2, -0.15) is 0 Å². The van der Waals surface area contributed by atoms with Gasteiger partial charge in [0.1, 0.15) is 11.4 Å². The number of aromatic nitrogens is 1. The molecule has 3 heterocycles. The Labute approximate surface area is 206 Å². The zero-order chi connectivity index (χ0) is 24.8. The second-order valence-electron chi connectivity index (χ2n) is 9.98. The molecule has 8 nitrogen and oxygen atoms in total. The number of fused-ring (bicyclic) bond motifs is 3. The Bertz CT molecular complexity index is 1540. The quantitative estimate of drug-likeness (QED) is 0.405. The third kappa shape index (κ3) is 4.12. The summed E-state index contributed by atoms with van der Waals surface area (Å²) in [5, 5.41) is 14.7. The maximum Gasteiger partial charge on any atom is 0.344 e. The van der Waals surface area contributed by atoms with E-state index in [0.717, 1.165) is 36.6 Å². The highest BCUT2D eigenvalue weighted by atomic mass is 16.4. The van der Waals surface area contributed by atoms with Crippen LogP contribution in [0.5, 0.6) is 5.75 Å². The van der Waals surface area contributed by atoms with Gasteiger partial charge in [0.25, 0.3) is 11.8 Å². The molecule has 184 valence electrons. The van der Waals surface area contributed by atoms with E-state index in [1.807, 2.05) is 11.0 Å². The van der Waals surface area contributed by atoms with Gasteiger partial charge >= 0.3 is 5.63 Å². The van der Waals surface area contributed by atoms with Crippen LogP contribution >= 0.6 is 0 Å². The summed E-state index contributed by atoms with van der Waals surface area (Å²) >= 11 is 0. The lowest BCUT2D eigenvalue weighted by Crippen LogP contribution is -2.49. The SMILES string of the molecule is O=C(NC1CCC2CN(C(=O)c3cc4cc(O)ccc4[nH]3)CCC2C1)c1cc2ccccc2c(=O)o1. The van der Waals surface area contributed by atoms with Crippen molar-refractivity contribution in [2.45, 2.75) is 31.7 Å². The van der Waals surface area contributed by atoms with E-state index in [4.69, 9.17) is 4.42 Å². The zero-order valence-corrected chi connectivity index (χ0v) is 19.7. The Balaban J connectivity index is 1.09. The van der Waals surface area contributed by atoms with Crippen LogP contribution in [-0.2, 0) is 0 Å². The topological polar surface area (TPSA) is 116 Å². The summed E-state index contributed by atoms with van der Waals surface area (Å²) in [5.74, 6) is 0.643. The zero-order valence-electron chi connectivity index (χ0n) is 19.7. The number of nitrogens with zero attached hydrogens (tertiary/aromatic N) is 1. The summed E-state index contributed by atoms with van der Waals surface area (Å²) in [6, 6.07) is 15.5. The first kappa shape index (κ1) is 22.4. The van der Waals surface area contributed by atoms with Crippen molar-refractivity contribution in [2.75, 3.05) is 13.1 Å². The van der Waals surface area contributed by atoms with Crippen molar-refractivity contribution in [3.63, 3.8) is 0 Å². The number of likely N-dealkylation sites (tertiary alicyclic amines) is 1. The molecule has 1 aliphatic heterocycles. The maximum absolute atomic E-state index is 13.2. The van der Waals surface area contributed by atoms with E-state index in [1.165, 1.54) is 0 Å². The van der Waals surface area contributed by atoms with Gasteiger partial charge in [-0.1, -0.05) is 18.2 Å². The van der Waals surface area contributed by atoms with E-state index in [2.05, 4.69) is 10.3 Å². The lowest BCUT2D eigenvalue weighted by Gasteiger charge is -2.43. The number of hydrogen-bond acceptors (Lipinski definition) is 5. The largest absolute Gasteiger partial charge is 0.508 e. The standard InChI is InChI=1S/C28H27N3O5/c32-21-7-8-23-19(12-21)13-24(30-23)27(34)31-10-9-16-11-20(6-5-18(16)15-31)29-26(33)25-14-17-3-1-2-4-22(17)28(35)36-25/h1-4,7-8,12-14,16,18,20,30,32H,5-6,9-11,15H2,(H,29,33). The number of carbonyl (C=O) groups is 2. The van der Waals surface area contributed by atoms with Gasteiger partial charge in [0, 0.05) is 30.0 Å². The Morgan fingerprint density at radius 3 is 2.75 bits per heavy atom. The highest BCUT2D eigenvalue weighted by Crippen LogP contribution is 2.37. The molecule has 2 amide bonds. The molecule has 2 aliphatic rings. The summed E-state index contributed by atoms with van der Waals surface area (Å²) in [6.07, 6.45) is 3.47. The minimum absolute atomic E-state index is 0.0131. The van der Waals surface area contributed by atoms with Gasteiger partial charge in [-0.15, -0.1) is 0 Å². The molecule has 0 radical (unpaired) electrons. The van der Waals surface area contributed by atoms with Crippen molar-refractivity contribution in [2.24, 2.45) is 11.8 Å². The fraction of sp³-hybridized carbons (Fsp3) is 0.321. The van der Waals surface area contributed by atoms with Crippen LogP contribution in [0.3, 0.4) is 0 Å². The molecular weight excluding hydrogens is 458 g/mol. The first-order valence-corrected chi connectivity index (χ1v) is 12.4. The van der Waals surface area contributed by atoms with Crippen LogP contribution in [-0.4, -0.2) is 45.9 Å². The molecule has 8 heteroatoms. The number of carbonyl (C=O) groups excluding carboxylic acids is 2. The number of aromatic amines is 1. The number of rotatable bonds is 3. The van der Waals surface area contributed by atoms with Crippen LogP contribution in [0.1, 0.15) is 46.7 Å². The van der Waals surface area contributed by atoms with E-state index in [9.17, 15) is 19.5 Å². The Kier molecular flexibility index (Phi) is 5.51. The average molecular weight is 486 g/mol. The van der Waals surface area contributed by atoms with Gasteiger partial charge in [0.05, 0.1) is 5.39 Å². The average Bonchev–Trinajstić information content (AvgIpc) is 3.31. The van der Waals surface area contributed by atoms with Gasteiger partial charge in [-0.05, 0) is 79.3 Å². The summed E-state index contributed by atoms with van der Waals surface area (Å²) in [5.41, 5.74) is 0.849. The van der Waals surface area contributed by atoms with E-state index in [0.29, 0.717) is 41.4 Å². The van der Waals surface area contributed by atoms with Gasteiger partial charge in [-0.25, -0.2) is 4.79 Å². The molecule has 2 aromatic heterocycles. The van der Waals surface area contributed by atoms with Crippen molar-refractivity contribution < 1.29 is 19.1 Å². The monoisotopic (exact) mass is 485 g/mol. The van der Waals surface area contributed by atoms with E-state index < -0.39 is 5.63 Å². The summed E-state index contributed by atoms with van der Waals surface area (Å²) < 4.78 is 5.28. The number of phenols is 1. The van der Waals surface area contributed by atoms with Crippen LogP contribution in [0.15, 0.2) is 63.8 Å². The normalized spacial score (nSPS) is 21.9. The molecule has 3 unspecified atom stereocenters. The van der Waals surface area contributed by atoms with Crippen LogP contribution in [0.25, 0.3) is 21.7 Å². The number of aromatic hydroxyl groups is 1. The number of benzene rings is 2. The number of nitrogens with one attached hydrogen (secondary N) is 2. The van der Waals surface area contributed by atoms with Crippen molar-refractivity contribution in [1.29, 1.82) is 0 Å². The Morgan fingerprint density at radius 1 is 1.00 bits per heavy atom. The molecule has 36 heavy (non-hydrogen) atoms. The maximum atomic E-state index is 13.2. The van der Waals surface area contributed by atoms with Crippen LogP contribution in [0.2, 0.25) is 0 Å².